The van der Waals surface area contributed by atoms with Gasteiger partial charge in [-0.3, -0.25) is 4.79 Å². The number of hydrogen-bond acceptors (Lipinski definition) is 8. The van der Waals surface area contributed by atoms with Gasteiger partial charge in [0, 0.05) is 40.8 Å². The summed E-state index contributed by atoms with van der Waals surface area (Å²) in [5.41, 5.74) is 3.25. The van der Waals surface area contributed by atoms with Crippen LogP contribution in [-0.4, -0.2) is 72.4 Å². The van der Waals surface area contributed by atoms with E-state index in [1.807, 2.05) is 18.2 Å². The summed E-state index contributed by atoms with van der Waals surface area (Å²) in [4.78, 5) is 11.9. The van der Waals surface area contributed by atoms with Crippen molar-refractivity contribution in [3.05, 3.63) is 89.0 Å². The molecular formula is C38H52N2O8SSi2. The molecule has 4 rings (SSSR count). The quantitative estimate of drug-likeness (QED) is 0.0688. The van der Waals surface area contributed by atoms with Crippen molar-refractivity contribution >= 4 is 32.1 Å². The molecule has 0 amide bonds. The Balaban J connectivity index is 1.45. The first-order valence-electron chi connectivity index (χ1n) is 17.4. The van der Waals surface area contributed by atoms with Gasteiger partial charge in [0.15, 0.2) is 0 Å². The maximum absolute atomic E-state index is 13.8. The van der Waals surface area contributed by atoms with E-state index in [9.17, 15) is 18.3 Å². The number of sulfonamides is 1. The number of benzene rings is 3. The number of ether oxygens (including phenoxy) is 4. The molecule has 1 aliphatic rings. The van der Waals surface area contributed by atoms with E-state index in [0.717, 1.165) is 41.8 Å². The molecule has 1 unspecified atom stereocenters. The smallest absolute Gasteiger partial charge is 0.303 e. The topological polar surface area (TPSA) is 135 Å². The molecule has 1 N–H and O–H groups in total. The van der Waals surface area contributed by atoms with E-state index in [1.54, 1.807) is 48.5 Å². The zero-order valence-corrected chi connectivity index (χ0v) is 33.5. The minimum Gasteiger partial charge on any atom is -0.486 e. The average molecular weight is 753 g/mol. The highest BCUT2D eigenvalue weighted by atomic mass is 32.2. The zero-order valence-electron chi connectivity index (χ0n) is 30.7. The fourth-order valence-electron chi connectivity index (χ4n) is 5.64. The Labute approximate surface area is 305 Å². The molecule has 276 valence electrons. The average Bonchev–Trinajstić information content (AvgIpc) is 3.46. The van der Waals surface area contributed by atoms with Crippen LogP contribution in [0.15, 0.2) is 66.7 Å². The van der Waals surface area contributed by atoms with Crippen LogP contribution in [0.25, 0.3) is 0 Å². The maximum atomic E-state index is 13.8. The lowest BCUT2D eigenvalue weighted by Gasteiger charge is -2.26. The SMILES string of the molecule is C[Si](C)(C)CCOCN(COCC[Si](C)(C)C)S(=O)(=O)CC(CC(=O)O)c1ccc(O[C@@H]2CCc3c(Oc4ccc(C#N)cc4)cccc32)cc1. The molecular weight excluding hydrogens is 701 g/mol. The van der Waals surface area contributed by atoms with Gasteiger partial charge in [-0.25, -0.2) is 8.42 Å². The summed E-state index contributed by atoms with van der Waals surface area (Å²) in [5.74, 6) is -0.281. The monoisotopic (exact) mass is 752 g/mol. The molecule has 1 aliphatic carbocycles. The Hall–Kier alpha value is -3.52. The Morgan fingerprint density at radius 3 is 2.04 bits per heavy atom. The van der Waals surface area contributed by atoms with Crippen LogP contribution in [0.4, 0.5) is 0 Å². The van der Waals surface area contributed by atoms with Gasteiger partial charge in [0.05, 0.1) is 23.8 Å². The Morgan fingerprint density at radius 1 is 0.902 bits per heavy atom. The number of aliphatic carboxylic acids is 1. The van der Waals surface area contributed by atoms with E-state index in [2.05, 4.69) is 45.4 Å². The summed E-state index contributed by atoms with van der Waals surface area (Å²) < 4.78 is 53.0. The number of rotatable bonds is 20. The van der Waals surface area contributed by atoms with Gasteiger partial charge < -0.3 is 24.1 Å². The van der Waals surface area contributed by atoms with Crippen LogP contribution in [-0.2, 0) is 30.7 Å². The van der Waals surface area contributed by atoms with Gasteiger partial charge >= 0.3 is 5.97 Å². The number of nitriles is 1. The molecule has 0 spiro atoms. The standard InChI is InChI=1S/C38H52N2O8SSi2/c1-50(2,3)22-20-45-27-40(28-46-21-23-51(4,5)6)49(43,44)26-31(24-38(41)42)30-12-16-33(17-13-30)48-37-19-18-35-34(37)8-7-9-36(35)47-32-14-10-29(25-39)11-15-32/h7-17,31,37H,18-24,26-28H2,1-6H3,(H,41,42)/t31?,37-/m1/s1. The molecule has 0 heterocycles. The normalized spacial score (nSPS) is 15.3. The van der Waals surface area contributed by atoms with Crippen molar-refractivity contribution in [1.82, 2.24) is 4.31 Å². The lowest BCUT2D eigenvalue weighted by atomic mass is 9.97. The molecule has 0 bridgehead atoms. The molecule has 0 radical (unpaired) electrons. The fraction of sp³-hybridized carbons (Fsp3) is 0.474. The minimum absolute atomic E-state index is 0.143. The lowest BCUT2D eigenvalue weighted by molar-refractivity contribution is -0.137. The molecule has 0 aliphatic heterocycles. The number of carboxylic acid groups (broad SMARTS) is 1. The van der Waals surface area contributed by atoms with Gasteiger partial charge in [-0.2, -0.15) is 9.57 Å². The van der Waals surface area contributed by atoms with Crippen LogP contribution in [0.5, 0.6) is 17.2 Å². The molecule has 0 saturated carbocycles. The lowest BCUT2D eigenvalue weighted by Crippen LogP contribution is -2.39. The first kappa shape index (κ1) is 40.3. The third-order valence-corrected chi connectivity index (χ3v) is 13.9. The highest BCUT2D eigenvalue weighted by Crippen LogP contribution is 2.41. The first-order valence-corrected chi connectivity index (χ1v) is 26.5. The summed E-state index contributed by atoms with van der Waals surface area (Å²) in [7, 11) is -6.71. The van der Waals surface area contributed by atoms with Gasteiger partial charge in [-0.05, 0) is 78.5 Å². The molecule has 51 heavy (non-hydrogen) atoms. The predicted octanol–water partition coefficient (Wildman–Crippen LogP) is 8.23. The molecule has 3 aromatic carbocycles. The maximum Gasteiger partial charge on any atom is 0.303 e. The van der Waals surface area contributed by atoms with Crippen molar-refractivity contribution in [3.63, 3.8) is 0 Å². The zero-order chi connectivity index (χ0) is 37.2. The number of nitrogens with zero attached hydrogens (tertiary/aromatic N) is 2. The minimum atomic E-state index is -3.95. The Kier molecular flexibility index (Phi) is 14.1. The summed E-state index contributed by atoms with van der Waals surface area (Å²) in [6.07, 6.45) is 0.961. The predicted molar refractivity (Wildman–Crippen MR) is 204 cm³/mol. The van der Waals surface area contributed by atoms with Crippen LogP contribution in [0.1, 0.15) is 47.1 Å². The molecule has 2 atom stereocenters. The second-order valence-electron chi connectivity index (χ2n) is 15.5. The Bertz CT molecular complexity index is 1730. The number of carboxylic acids is 1. The highest BCUT2D eigenvalue weighted by Gasteiger charge is 2.31. The number of carbonyl (C=O) groups is 1. The van der Waals surface area contributed by atoms with Crippen molar-refractivity contribution in [1.29, 1.82) is 5.26 Å². The van der Waals surface area contributed by atoms with Crippen molar-refractivity contribution < 1.29 is 37.3 Å². The van der Waals surface area contributed by atoms with E-state index in [4.69, 9.17) is 24.2 Å². The van der Waals surface area contributed by atoms with Crippen LogP contribution < -0.4 is 9.47 Å². The van der Waals surface area contributed by atoms with Gasteiger partial charge in [0.2, 0.25) is 10.0 Å². The van der Waals surface area contributed by atoms with Gasteiger partial charge in [0.1, 0.15) is 36.8 Å². The van der Waals surface area contributed by atoms with Gasteiger partial charge in [-0.1, -0.05) is 63.5 Å². The fourth-order valence-corrected chi connectivity index (χ4v) is 8.65. The van der Waals surface area contributed by atoms with Crippen molar-refractivity contribution in [3.8, 4) is 23.3 Å². The summed E-state index contributed by atoms with van der Waals surface area (Å²) in [6.45, 7) is 14.0. The second kappa shape index (κ2) is 17.8. The van der Waals surface area contributed by atoms with Crippen LogP contribution in [0.2, 0.25) is 51.4 Å². The molecule has 0 aromatic heterocycles. The van der Waals surface area contributed by atoms with Crippen molar-refractivity contribution in [2.75, 3.05) is 32.4 Å². The molecule has 0 saturated heterocycles. The summed E-state index contributed by atoms with van der Waals surface area (Å²) >= 11 is 0. The molecule has 10 nitrogen and oxygen atoms in total. The molecule has 3 aromatic rings. The summed E-state index contributed by atoms with van der Waals surface area (Å²) in [5, 5.41) is 18.8. The third-order valence-electron chi connectivity index (χ3n) is 8.70. The molecule has 13 heteroatoms. The third kappa shape index (κ3) is 12.9. The second-order valence-corrected chi connectivity index (χ2v) is 28.8. The van der Waals surface area contributed by atoms with Crippen LogP contribution in [0, 0.1) is 11.3 Å². The largest absolute Gasteiger partial charge is 0.486 e. The van der Waals surface area contributed by atoms with E-state index in [0.29, 0.717) is 35.8 Å². The van der Waals surface area contributed by atoms with Crippen molar-refractivity contribution in [2.24, 2.45) is 0 Å². The summed E-state index contributed by atoms with van der Waals surface area (Å²) in [6, 6.07) is 23.8. The van der Waals surface area contributed by atoms with E-state index >= 15 is 0 Å². The molecule has 0 fully saturated rings. The Morgan fingerprint density at radius 2 is 1.49 bits per heavy atom. The highest BCUT2D eigenvalue weighted by molar-refractivity contribution is 7.89. The van der Waals surface area contributed by atoms with E-state index in [1.165, 1.54) is 4.31 Å². The van der Waals surface area contributed by atoms with Crippen LogP contribution in [0.3, 0.4) is 0 Å². The first-order chi connectivity index (χ1) is 24.0. The van der Waals surface area contributed by atoms with E-state index < -0.39 is 43.8 Å². The number of hydrogen-bond donors (Lipinski definition) is 1. The van der Waals surface area contributed by atoms with Gasteiger partial charge in [-0.15, -0.1) is 0 Å². The van der Waals surface area contributed by atoms with Crippen LogP contribution >= 0.6 is 0 Å². The van der Waals surface area contributed by atoms with E-state index in [-0.39, 0.29) is 26.0 Å². The van der Waals surface area contributed by atoms with Crippen molar-refractivity contribution in [2.45, 2.75) is 82.7 Å². The number of fused-ring (bicyclic) bond motifs is 1. The van der Waals surface area contributed by atoms with Gasteiger partial charge in [0.25, 0.3) is 0 Å².